The normalized spacial score (nSPS) is 13.2. The fourth-order valence-corrected chi connectivity index (χ4v) is 1.07. The summed E-state index contributed by atoms with van der Waals surface area (Å²) in [4.78, 5) is 0. The Kier molecular flexibility index (Phi) is 3.33. The lowest BCUT2D eigenvalue weighted by atomic mass is 9.78. The molecule has 0 rings (SSSR count). The zero-order chi connectivity index (χ0) is 8.36. The fraction of sp³-hybridized carbons (Fsp3) is 1.00. The van der Waals surface area contributed by atoms with Crippen LogP contribution in [0.4, 0.5) is 0 Å². The molecule has 0 fully saturated rings. The lowest BCUT2D eigenvalue weighted by Gasteiger charge is -2.34. The van der Waals surface area contributed by atoms with E-state index in [0.29, 0.717) is 0 Å². The maximum atomic E-state index is 7.89. The van der Waals surface area contributed by atoms with Crippen molar-refractivity contribution < 1.29 is 0 Å². The predicted molar refractivity (Wildman–Crippen MR) is 43.5 cm³/mol. The summed E-state index contributed by atoms with van der Waals surface area (Å²) >= 11 is 0. The van der Waals surface area contributed by atoms with Gasteiger partial charge in [-0.05, 0) is 11.8 Å². The van der Waals surface area contributed by atoms with Gasteiger partial charge in [0.15, 0.2) is 0 Å². The Bertz CT molecular complexity index is 89.4. The highest BCUT2D eigenvalue weighted by Gasteiger charge is 2.31. The summed E-state index contributed by atoms with van der Waals surface area (Å²) < 4.78 is 0. The molecule has 0 amide bonds. The molecule has 0 aliphatic carbocycles. The molecule has 2 N–H and O–H groups in total. The lowest BCUT2D eigenvalue weighted by Crippen LogP contribution is -2.46. The molecule has 60 valence electrons. The Hall–Kier alpha value is -0.0800. The number of hydrogen-bond acceptors (Lipinski definition) is 0. The van der Waals surface area contributed by atoms with Crippen LogP contribution in [0.25, 0.3) is 0 Å². The first kappa shape index (κ1) is 9.92. The third-order valence-electron chi connectivity index (χ3n) is 2.35. The van der Waals surface area contributed by atoms with Gasteiger partial charge in [0.05, 0.1) is 5.54 Å². The standard InChI is InChI=1S/C8H18N2/c1-6(2)8(10,5-9)7(3)4/h6-7,9-10H,5H2,1-4H3. The van der Waals surface area contributed by atoms with Crippen molar-refractivity contribution in [2.45, 2.75) is 33.2 Å². The molecule has 0 bridgehead atoms. The van der Waals surface area contributed by atoms with E-state index < -0.39 is 5.54 Å². The van der Waals surface area contributed by atoms with Crippen molar-refractivity contribution in [3.8, 4) is 0 Å². The summed E-state index contributed by atoms with van der Waals surface area (Å²) in [6, 6.07) is 0. The summed E-state index contributed by atoms with van der Waals surface area (Å²) in [6.07, 6.45) is 0. The van der Waals surface area contributed by atoms with Gasteiger partial charge in [-0.1, -0.05) is 27.7 Å². The molecule has 0 aromatic carbocycles. The minimum atomic E-state index is -0.542. The highest BCUT2D eigenvalue weighted by Crippen LogP contribution is 2.23. The largest absolute Gasteiger partial charge is 0.256 e. The van der Waals surface area contributed by atoms with Gasteiger partial charge in [0.1, 0.15) is 0 Å². The van der Waals surface area contributed by atoms with Crippen LogP contribution < -0.4 is 11.5 Å². The van der Waals surface area contributed by atoms with E-state index in [-0.39, 0.29) is 18.4 Å². The van der Waals surface area contributed by atoms with Crippen molar-refractivity contribution in [2.24, 2.45) is 11.8 Å². The van der Waals surface area contributed by atoms with Gasteiger partial charge in [-0.25, -0.2) is 5.73 Å². The quantitative estimate of drug-likeness (QED) is 0.574. The highest BCUT2D eigenvalue weighted by atomic mass is 14.8. The van der Waals surface area contributed by atoms with Crippen LogP contribution in [0.3, 0.4) is 0 Å². The molecule has 2 radical (unpaired) electrons. The van der Waals surface area contributed by atoms with E-state index in [9.17, 15) is 0 Å². The third kappa shape index (κ3) is 1.70. The third-order valence-corrected chi connectivity index (χ3v) is 2.35. The van der Waals surface area contributed by atoms with Crippen molar-refractivity contribution >= 4 is 0 Å². The van der Waals surface area contributed by atoms with E-state index in [0.717, 1.165) is 0 Å². The van der Waals surface area contributed by atoms with Crippen molar-refractivity contribution in [3.63, 3.8) is 0 Å². The minimum Gasteiger partial charge on any atom is -0.256 e. The van der Waals surface area contributed by atoms with E-state index in [4.69, 9.17) is 11.5 Å². The van der Waals surface area contributed by atoms with E-state index in [1.165, 1.54) is 0 Å². The average molecular weight is 142 g/mol. The zero-order valence-electron chi connectivity index (χ0n) is 7.36. The zero-order valence-corrected chi connectivity index (χ0v) is 7.36. The number of rotatable bonds is 3. The van der Waals surface area contributed by atoms with Gasteiger partial charge >= 0.3 is 0 Å². The number of nitrogens with one attached hydrogen (secondary N) is 2. The van der Waals surface area contributed by atoms with Gasteiger partial charge in [-0.3, -0.25) is 5.73 Å². The van der Waals surface area contributed by atoms with Gasteiger partial charge < -0.3 is 0 Å². The first-order valence-corrected chi connectivity index (χ1v) is 3.84. The average Bonchev–Trinajstić information content (AvgIpc) is 1.85. The van der Waals surface area contributed by atoms with Crippen molar-refractivity contribution in [1.29, 1.82) is 0 Å². The molecule has 0 aliphatic heterocycles. The van der Waals surface area contributed by atoms with E-state index >= 15 is 0 Å². The SMILES string of the molecule is CC(C)C([NH])(C[NH])C(C)C. The van der Waals surface area contributed by atoms with E-state index in [2.05, 4.69) is 0 Å². The van der Waals surface area contributed by atoms with Crippen LogP contribution in [0.2, 0.25) is 0 Å². The van der Waals surface area contributed by atoms with Crippen LogP contribution in [-0.4, -0.2) is 12.1 Å². The first-order chi connectivity index (χ1) is 4.45. The molecule has 0 aliphatic rings. The maximum Gasteiger partial charge on any atom is 0.0507 e. The molecule has 2 heteroatoms. The Morgan fingerprint density at radius 2 is 1.40 bits per heavy atom. The molecule has 0 aromatic rings. The van der Waals surface area contributed by atoms with Crippen LogP contribution in [-0.2, 0) is 0 Å². The van der Waals surface area contributed by atoms with Crippen LogP contribution in [0.1, 0.15) is 27.7 Å². The predicted octanol–water partition coefficient (Wildman–Crippen LogP) is 1.60. The van der Waals surface area contributed by atoms with Crippen molar-refractivity contribution in [3.05, 3.63) is 0 Å². The summed E-state index contributed by atoms with van der Waals surface area (Å²) in [6.45, 7) is 8.27. The Morgan fingerprint density at radius 3 is 1.40 bits per heavy atom. The summed E-state index contributed by atoms with van der Waals surface area (Å²) in [5.74, 6) is 0.565. The Balaban J connectivity index is 4.23. The lowest BCUT2D eigenvalue weighted by molar-refractivity contribution is 0.220. The van der Waals surface area contributed by atoms with Crippen LogP contribution in [0, 0.1) is 11.8 Å². The molecule has 0 heterocycles. The molecule has 0 spiro atoms. The molecule has 0 saturated carbocycles. The second-order valence-corrected chi connectivity index (χ2v) is 3.53. The highest BCUT2D eigenvalue weighted by molar-refractivity contribution is 4.90. The molecular formula is C8H18N2. The van der Waals surface area contributed by atoms with Gasteiger partial charge in [0, 0.05) is 6.54 Å². The molecule has 0 atom stereocenters. The summed E-state index contributed by atoms with van der Waals surface area (Å²) in [5, 5.41) is 0. The number of hydrogen-bond donors (Lipinski definition) is 0. The molecule has 0 saturated heterocycles. The molecule has 10 heavy (non-hydrogen) atoms. The van der Waals surface area contributed by atoms with Crippen molar-refractivity contribution in [2.75, 3.05) is 6.54 Å². The second-order valence-electron chi connectivity index (χ2n) is 3.53. The van der Waals surface area contributed by atoms with Gasteiger partial charge in [0.25, 0.3) is 0 Å². The minimum absolute atomic E-state index is 0.211. The van der Waals surface area contributed by atoms with E-state index in [1.807, 2.05) is 27.7 Å². The molecular weight excluding hydrogens is 124 g/mol. The topological polar surface area (TPSA) is 47.6 Å². The van der Waals surface area contributed by atoms with Crippen molar-refractivity contribution in [1.82, 2.24) is 11.5 Å². The van der Waals surface area contributed by atoms with E-state index in [1.54, 1.807) is 0 Å². The maximum absolute atomic E-state index is 7.89. The smallest absolute Gasteiger partial charge is 0.0507 e. The summed E-state index contributed by atoms with van der Waals surface area (Å²) in [7, 11) is 0. The molecule has 0 aromatic heterocycles. The van der Waals surface area contributed by atoms with Gasteiger partial charge in [-0.15, -0.1) is 0 Å². The van der Waals surface area contributed by atoms with Gasteiger partial charge in [0.2, 0.25) is 0 Å². The van der Waals surface area contributed by atoms with Gasteiger partial charge in [-0.2, -0.15) is 0 Å². The van der Waals surface area contributed by atoms with Crippen LogP contribution in [0.5, 0.6) is 0 Å². The van der Waals surface area contributed by atoms with Crippen LogP contribution in [0.15, 0.2) is 0 Å². The Labute approximate surface area is 64.0 Å². The monoisotopic (exact) mass is 142 g/mol. The Morgan fingerprint density at radius 1 is 1.10 bits per heavy atom. The molecule has 2 nitrogen and oxygen atoms in total. The second kappa shape index (κ2) is 3.35. The summed E-state index contributed by atoms with van der Waals surface area (Å²) in [5.41, 5.74) is 14.6. The van der Waals surface area contributed by atoms with Crippen LogP contribution >= 0.6 is 0 Å². The fourth-order valence-electron chi connectivity index (χ4n) is 1.07. The first-order valence-electron chi connectivity index (χ1n) is 3.84. The molecule has 0 unspecified atom stereocenters.